The quantitative estimate of drug-likeness (QED) is 0.724. The van der Waals surface area contributed by atoms with Crippen LogP contribution in [-0.2, 0) is 6.42 Å². The van der Waals surface area contributed by atoms with Crippen molar-refractivity contribution in [1.29, 1.82) is 0 Å². The lowest BCUT2D eigenvalue weighted by Crippen LogP contribution is -2.17. The van der Waals surface area contributed by atoms with E-state index in [0.717, 1.165) is 29.7 Å². The normalized spacial score (nSPS) is 11.4. The molecule has 0 saturated carbocycles. The summed E-state index contributed by atoms with van der Waals surface area (Å²) in [6.07, 6.45) is -4.02. The van der Waals surface area contributed by atoms with Crippen LogP contribution >= 0.6 is 0 Å². The molecule has 0 radical (unpaired) electrons. The summed E-state index contributed by atoms with van der Waals surface area (Å²) in [7, 11) is 0. The first-order valence-corrected chi connectivity index (χ1v) is 6.03. The molecule has 5 heteroatoms. The minimum absolute atomic E-state index is 0.500. The molecule has 0 atom stereocenters. The fraction of sp³-hybridized carbons (Fsp3) is 0.200. The number of halogens is 4. The second-order valence-electron chi connectivity index (χ2n) is 4.24. The Balaban J connectivity index is 2.28. The number of rotatable bonds is 3. The first-order chi connectivity index (χ1) is 9.39. The molecule has 0 bridgehead atoms. The Hall–Kier alpha value is -2.04. The molecule has 0 spiro atoms. The Labute approximate surface area is 113 Å². The third-order valence-electron chi connectivity index (χ3n) is 2.85. The minimum Gasteiger partial charge on any atom is -0.403 e. The standard InChI is InChI=1S/C15H12F4O/c1-2-10-3-5-11(6-4-10)12-7-8-14(13(16)9-12)20-15(17,18)19/h3-9H,2H2,1H3. The average molecular weight is 284 g/mol. The molecule has 2 rings (SSSR count). The van der Waals surface area contributed by atoms with E-state index in [4.69, 9.17) is 0 Å². The summed E-state index contributed by atoms with van der Waals surface area (Å²) in [5.74, 6) is -1.87. The van der Waals surface area contributed by atoms with Crippen LogP contribution in [0.1, 0.15) is 12.5 Å². The van der Waals surface area contributed by atoms with E-state index >= 15 is 0 Å². The molecule has 2 aromatic rings. The maximum atomic E-state index is 13.6. The van der Waals surface area contributed by atoms with Gasteiger partial charge in [-0.05, 0) is 35.2 Å². The fourth-order valence-electron chi connectivity index (χ4n) is 1.82. The van der Waals surface area contributed by atoms with Gasteiger partial charge in [-0.15, -0.1) is 13.2 Å². The Morgan fingerprint density at radius 2 is 1.55 bits per heavy atom. The molecule has 0 aliphatic carbocycles. The van der Waals surface area contributed by atoms with E-state index in [1.165, 1.54) is 6.07 Å². The van der Waals surface area contributed by atoms with Crippen molar-refractivity contribution in [2.45, 2.75) is 19.7 Å². The van der Waals surface area contributed by atoms with Crippen molar-refractivity contribution in [3.8, 4) is 16.9 Å². The van der Waals surface area contributed by atoms with Crippen LogP contribution in [0.5, 0.6) is 5.75 Å². The lowest BCUT2D eigenvalue weighted by molar-refractivity contribution is -0.275. The Morgan fingerprint density at radius 1 is 0.950 bits per heavy atom. The van der Waals surface area contributed by atoms with Crippen LogP contribution in [0.2, 0.25) is 0 Å². The van der Waals surface area contributed by atoms with Crippen molar-refractivity contribution in [3.05, 3.63) is 53.8 Å². The van der Waals surface area contributed by atoms with Crippen molar-refractivity contribution in [2.75, 3.05) is 0 Å². The second-order valence-corrected chi connectivity index (χ2v) is 4.24. The summed E-state index contributed by atoms with van der Waals surface area (Å²) >= 11 is 0. The van der Waals surface area contributed by atoms with Crippen LogP contribution in [0, 0.1) is 5.82 Å². The third kappa shape index (κ3) is 3.50. The molecule has 106 valence electrons. The van der Waals surface area contributed by atoms with E-state index < -0.39 is 17.9 Å². The van der Waals surface area contributed by atoms with Crippen molar-refractivity contribution in [2.24, 2.45) is 0 Å². The molecule has 0 fully saturated rings. The number of aryl methyl sites for hydroxylation is 1. The van der Waals surface area contributed by atoms with Crippen LogP contribution in [0.15, 0.2) is 42.5 Å². The molecule has 0 unspecified atom stereocenters. The van der Waals surface area contributed by atoms with Crippen LogP contribution in [0.25, 0.3) is 11.1 Å². The first kappa shape index (κ1) is 14.4. The zero-order valence-electron chi connectivity index (χ0n) is 10.7. The summed E-state index contributed by atoms with van der Waals surface area (Å²) in [5.41, 5.74) is 2.37. The average Bonchev–Trinajstić information content (AvgIpc) is 2.40. The van der Waals surface area contributed by atoms with E-state index in [0.29, 0.717) is 5.56 Å². The third-order valence-corrected chi connectivity index (χ3v) is 2.85. The van der Waals surface area contributed by atoms with Crippen molar-refractivity contribution < 1.29 is 22.3 Å². The summed E-state index contributed by atoms with van der Waals surface area (Å²) in [6.45, 7) is 2.01. The predicted molar refractivity (Wildman–Crippen MR) is 67.9 cm³/mol. The van der Waals surface area contributed by atoms with Gasteiger partial charge in [-0.2, -0.15) is 0 Å². The Kier molecular flexibility index (Phi) is 3.97. The zero-order chi connectivity index (χ0) is 14.8. The van der Waals surface area contributed by atoms with Gasteiger partial charge in [0.05, 0.1) is 0 Å². The fourth-order valence-corrected chi connectivity index (χ4v) is 1.82. The van der Waals surface area contributed by atoms with E-state index in [1.54, 1.807) is 12.1 Å². The Morgan fingerprint density at radius 3 is 2.05 bits per heavy atom. The SMILES string of the molecule is CCc1ccc(-c2ccc(OC(F)(F)F)c(F)c2)cc1. The summed E-state index contributed by atoms with van der Waals surface area (Å²) in [4.78, 5) is 0. The summed E-state index contributed by atoms with van der Waals surface area (Å²) < 4.78 is 53.3. The second kappa shape index (κ2) is 5.53. The number of benzene rings is 2. The van der Waals surface area contributed by atoms with E-state index in [1.807, 2.05) is 19.1 Å². The van der Waals surface area contributed by atoms with Gasteiger partial charge in [0.25, 0.3) is 0 Å². The zero-order valence-corrected chi connectivity index (χ0v) is 10.7. The maximum absolute atomic E-state index is 13.6. The van der Waals surface area contributed by atoms with Crippen LogP contribution < -0.4 is 4.74 Å². The van der Waals surface area contributed by atoms with Crippen molar-refractivity contribution in [1.82, 2.24) is 0 Å². The molecular formula is C15H12F4O. The number of ether oxygens (including phenoxy) is 1. The maximum Gasteiger partial charge on any atom is 0.573 e. The Bertz CT molecular complexity index is 588. The van der Waals surface area contributed by atoms with Gasteiger partial charge in [-0.3, -0.25) is 0 Å². The molecule has 0 aliphatic rings. The highest BCUT2D eigenvalue weighted by Crippen LogP contribution is 2.29. The van der Waals surface area contributed by atoms with Gasteiger partial charge in [0.15, 0.2) is 11.6 Å². The highest BCUT2D eigenvalue weighted by Gasteiger charge is 2.32. The molecule has 0 heterocycles. The minimum atomic E-state index is -4.90. The summed E-state index contributed by atoms with van der Waals surface area (Å²) in [5, 5.41) is 0. The van der Waals surface area contributed by atoms with Crippen LogP contribution in [0.3, 0.4) is 0 Å². The molecule has 2 aromatic carbocycles. The van der Waals surface area contributed by atoms with Gasteiger partial charge in [-0.25, -0.2) is 4.39 Å². The van der Waals surface area contributed by atoms with Crippen LogP contribution in [-0.4, -0.2) is 6.36 Å². The van der Waals surface area contributed by atoms with Crippen LogP contribution in [0.4, 0.5) is 17.6 Å². The molecule has 20 heavy (non-hydrogen) atoms. The predicted octanol–water partition coefficient (Wildman–Crippen LogP) is 4.95. The number of hydrogen-bond acceptors (Lipinski definition) is 1. The molecule has 0 saturated heterocycles. The van der Waals surface area contributed by atoms with Gasteiger partial charge in [0, 0.05) is 0 Å². The highest BCUT2D eigenvalue weighted by atomic mass is 19.4. The van der Waals surface area contributed by atoms with Gasteiger partial charge < -0.3 is 4.74 Å². The van der Waals surface area contributed by atoms with Crippen molar-refractivity contribution >= 4 is 0 Å². The lowest BCUT2D eigenvalue weighted by atomic mass is 10.0. The van der Waals surface area contributed by atoms with Crippen molar-refractivity contribution in [3.63, 3.8) is 0 Å². The van der Waals surface area contributed by atoms with Gasteiger partial charge in [0.1, 0.15) is 0 Å². The monoisotopic (exact) mass is 284 g/mol. The molecular weight excluding hydrogens is 272 g/mol. The van der Waals surface area contributed by atoms with E-state index in [2.05, 4.69) is 4.74 Å². The molecule has 0 amide bonds. The largest absolute Gasteiger partial charge is 0.573 e. The first-order valence-electron chi connectivity index (χ1n) is 6.03. The van der Waals surface area contributed by atoms with E-state index in [9.17, 15) is 17.6 Å². The smallest absolute Gasteiger partial charge is 0.403 e. The number of hydrogen-bond donors (Lipinski definition) is 0. The topological polar surface area (TPSA) is 9.23 Å². The molecule has 0 aliphatic heterocycles. The van der Waals surface area contributed by atoms with E-state index in [-0.39, 0.29) is 0 Å². The molecule has 0 aromatic heterocycles. The molecule has 0 N–H and O–H groups in total. The van der Waals surface area contributed by atoms with Gasteiger partial charge in [-0.1, -0.05) is 37.3 Å². The summed E-state index contributed by atoms with van der Waals surface area (Å²) in [6, 6.07) is 10.8. The number of alkyl halides is 3. The molecule has 1 nitrogen and oxygen atoms in total. The van der Waals surface area contributed by atoms with Gasteiger partial charge >= 0.3 is 6.36 Å². The highest BCUT2D eigenvalue weighted by molar-refractivity contribution is 5.64. The van der Waals surface area contributed by atoms with Gasteiger partial charge in [0.2, 0.25) is 0 Å². The lowest BCUT2D eigenvalue weighted by Gasteiger charge is -2.10.